The molecule has 5 N–H and O–H groups in total. The van der Waals surface area contributed by atoms with Crippen molar-refractivity contribution in [3.63, 3.8) is 0 Å². The Balaban J connectivity index is 1.23. The first kappa shape index (κ1) is 32.5. The lowest BCUT2D eigenvalue weighted by molar-refractivity contribution is -0.127. The largest absolute Gasteiger partial charge is 0.492 e. The maximum Gasteiger partial charge on any atom is 0.492 e. The molecule has 238 valence electrons. The molecule has 1 unspecified atom stereocenters. The number of fused-ring (bicyclic) bond motifs is 2. The van der Waals surface area contributed by atoms with Crippen LogP contribution >= 0.6 is 0 Å². The molecule has 0 fully saturated rings. The van der Waals surface area contributed by atoms with Crippen molar-refractivity contribution >= 4 is 53.8 Å². The highest BCUT2D eigenvalue weighted by molar-refractivity contribution is 6.62. The maximum absolute atomic E-state index is 13.3. The van der Waals surface area contributed by atoms with Crippen LogP contribution in [0.4, 0.5) is 16.2 Å². The SMILES string of the molecule is CCCN(CCC)C(=O)C1=Cc2ccc(C(=O)Nc3ccc4c(c3)B(O)OC4CNC(=O)OCc3ccccc3)cc2N=C(N)C1. The summed E-state index contributed by atoms with van der Waals surface area (Å²) in [5.74, 6) is -0.142. The monoisotopic (exact) mass is 623 g/mol. The molecule has 1 atom stereocenters. The number of hydrogen-bond acceptors (Lipinski definition) is 8. The van der Waals surface area contributed by atoms with Crippen LogP contribution in [-0.2, 0) is 20.8 Å². The lowest BCUT2D eigenvalue weighted by Crippen LogP contribution is -2.34. The number of amides is 3. The van der Waals surface area contributed by atoms with Gasteiger partial charge in [0.05, 0.1) is 11.8 Å². The number of carbonyl (C=O) groups excluding carboxylic acids is 3. The van der Waals surface area contributed by atoms with Gasteiger partial charge in [0.15, 0.2) is 0 Å². The van der Waals surface area contributed by atoms with Crippen LogP contribution in [0.15, 0.2) is 77.3 Å². The van der Waals surface area contributed by atoms with Crippen molar-refractivity contribution in [3.8, 4) is 0 Å². The standard InChI is InChI=1S/C34H38BN5O6/c1-3-14-40(15-4-2)33(42)25-16-23-10-11-24(17-29(23)39-31(36)18-25)32(41)38-26-12-13-27-28(19-26)35(44)46-30(27)20-37-34(43)45-21-22-8-6-5-7-9-22/h5-13,16-17,19,30,44H,3-4,14-15,18,20-21H2,1-2H3,(H2,36,39)(H,37,43)(H,38,41). The highest BCUT2D eigenvalue weighted by Crippen LogP contribution is 2.29. The summed E-state index contributed by atoms with van der Waals surface area (Å²) in [5, 5.41) is 16.1. The van der Waals surface area contributed by atoms with E-state index in [9.17, 15) is 19.4 Å². The Labute approximate surface area is 268 Å². The zero-order valence-electron chi connectivity index (χ0n) is 26.0. The number of nitrogens with two attached hydrogens (primary N) is 1. The fourth-order valence-corrected chi connectivity index (χ4v) is 5.50. The Bertz CT molecular complexity index is 1650. The Morgan fingerprint density at radius 3 is 2.57 bits per heavy atom. The van der Waals surface area contributed by atoms with Crippen LogP contribution in [-0.4, -0.2) is 60.4 Å². The van der Waals surface area contributed by atoms with E-state index >= 15 is 0 Å². The summed E-state index contributed by atoms with van der Waals surface area (Å²) >= 11 is 0. The summed E-state index contributed by atoms with van der Waals surface area (Å²) in [6.07, 6.45) is 2.56. The number of amidine groups is 1. The number of anilines is 1. The van der Waals surface area contributed by atoms with Gasteiger partial charge in [-0.1, -0.05) is 56.3 Å². The molecule has 3 aromatic carbocycles. The molecule has 0 radical (unpaired) electrons. The van der Waals surface area contributed by atoms with Crippen molar-refractivity contribution in [1.82, 2.24) is 10.2 Å². The second-order valence-corrected chi connectivity index (χ2v) is 11.2. The minimum absolute atomic E-state index is 0.0553. The first-order valence-corrected chi connectivity index (χ1v) is 15.5. The molecule has 0 aliphatic carbocycles. The zero-order chi connectivity index (χ0) is 32.6. The smallest absolute Gasteiger partial charge is 0.445 e. The average molecular weight is 624 g/mol. The van der Waals surface area contributed by atoms with Crippen LogP contribution in [0.1, 0.15) is 66.3 Å². The lowest BCUT2D eigenvalue weighted by atomic mass is 9.79. The van der Waals surface area contributed by atoms with Gasteiger partial charge >= 0.3 is 13.2 Å². The summed E-state index contributed by atoms with van der Waals surface area (Å²) < 4.78 is 10.9. The van der Waals surface area contributed by atoms with Gasteiger partial charge in [0.1, 0.15) is 12.4 Å². The number of carbonyl (C=O) groups is 3. The number of aliphatic imine (C=N–C) groups is 1. The Morgan fingerprint density at radius 2 is 1.83 bits per heavy atom. The van der Waals surface area contributed by atoms with Gasteiger partial charge in [0.25, 0.3) is 5.91 Å². The van der Waals surface area contributed by atoms with Crippen LogP contribution < -0.4 is 21.8 Å². The van der Waals surface area contributed by atoms with E-state index in [2.05, 4.69) is 15.6 Å². The van der Waals surface area contributed by atoms with Gasteiger partial charge in [-0.3, -0.25) is 9.59 Å². The Hall–Kier alpha value is -4.94. The number of hydrogen-bond donors (Lipinski definition) is 4. The molecule has 12 heteroatoms. The molecule has 0 saturated carbocycles. The van der Waals surface area contributed by atoms with Crippen molar-refractivity contribution in [2.75, 3.05) is 25.0 Å². The van der Waals surface area contributed by atoms with Crippen molar-refractivity contribution < 1.29 is 28.8 Å². The summed E-state index contributed by atoms with van der Waals surface area (Å²) in [6.45, 7) is 5.65. The molecule has 46 heavy (non-hydrogen) atoms. The van der Waals surface area contributed by atoms with Crippen molar-refractivity contribution in [3.05, 3.63) is 94.6 Å². The van der Waals surface area contributed by atoms with Gasteiger partial charge in [-0.05, 0) is 59.8 Å². The van der Waals surface area contributed by atoms with Crippen molar-refractivity contribution in [1.29, 1.82) is 0 Å². The van der Waals surface area contributed by atoms with Gasteiger partial charge in [-0.15, -0.1) is 0 Å². The van der Waals surface area contributed by atoms with E-state index in [-0.39, 0.29) is 31.4 Å². The van der Waals surface area contributed by atoms with Crippen LogP contribution in [0.25, 0.3) is 6.08 Å². The zero-order valence-corrected chi connectivity index (χ0v) is 26.0. The second kappa shape index (κ2) is 14.9. The van der Waals surface area contributed by atoms with Crippen LogP contribution in [0.3, 0.4) is 0 Å². The summed E-state index contributed by atoms with van der Waals surface area (Å²) in [4.78, 5) is 45.0. The average Bonchev–Trinajstić information content (AvgIpc) is 3.26. The van der Waals surface area contributed by atoms with E-state index in [1.165, 1.54) is 0 Å². The molecule has 3 amide bonds. The molecule has 2 aliphatic heterocycles. The lowest BCUT2D eigenvalue weighted by Gasteiger charge is -2.22. The predicted octanol–water partition coefficient (Wildman–Crippen LogP) is 4.05. The van der Waals surface area contributed by atoms with E-state index in [0.717, 1.165) is 18.4 Å². The molecular formula is C34H38BN5O6. The number of rotatable bonds is 11. The predicted molar refractivity (Wildman–Crippen MR) is 178 cm³/mol. The molecule has 2 aliphatic rings. The molecule has 5 rings (SSSR count). The summed E-state index contributed by atoms with van der Waals surface area (Å²) in [7, 11) is -1.22. The molecule has 11 nitrogen and oxygen atoms in total. The molecular weight excluding hydrogens is 585 g/mol. The van der Waals surface area contributed by atoms with Crippen LogP contribution in [0.5, 0.6) is 0 Å². The summed E-state index contributed by atoms with van der Waals surface area (Å²) in [5.41, 5.74) is 10.8. The number of ether oxygens (including phenoxy) is 1. The third kappa shape index (κ3) is 7.82. The van der Waals surface area contributed by atoms with E-state index < -0.39 is 19.3 Å². The van der Waals surface area contributed by atoms with E-state index in [1.54, 1.807) is 42.5 Å². The van der Waals surface area contributed by atoms with E-state index in [1.807, 2.05) is 49.1 Å². The first-order chi connectivity index (χ1) is 22.2. The summed E-state index contributed by atoms with van der Waals surface area (Å²) in [6, 6.07) is 19.5. The van der Waals surface area contributed by atoms with Crippen LogP contribution in [0, 0.1) is 0 Å². The van der Waals surface area contributed by atoms with Gasteiger partial charge in [-0.25, -0.2) is 9.79 Å². The number of benzene rings is 3. The second-order valence-electron chi connectivity index (χ2n) is 11.2. The third-order valence-electron chi connectivity index (χ3n) is 7.70. The fraction of sp³-hybridized carbons (Fsp3) is 0.294. The molecule has 2 heterocycles. The highest BCUT2D eigenvalue weighted by atomic mass is 16.6. The minimum atomic E-state index is -1.22. The van der Waals surface area contributed by atoms with E-state index in [0.29, 0.717) is 58.0 Å². The molecule has 3 aromatic rings. The van der Waals surface area contributed by atoms with Gasteiger partial charge < -0.3 is 35.7 Å². The Kier molecular flexibility index (Phi) is 10.5. The van der Waals surface area contributed by atoms with E-state index in [4.69, 9.17) is 15.1 Å². The normalized spacial score (nSPS) is 15.1. The van der Waals surface area contributed by atoms with Gasteiger partial charge in [0, 0.05) is 48.4 Å². The highest BCUT2D eigenvalue weighted by Gasteiger charge is 2.35. The third-order valence-corrected chi connectivity index (χ3v) is 7.70. The number of alkyl carbamates (subject to hydrolysis) is 1. The molecule has 0 saturated heterocycles. The minimum Gasteiger partial charge on any atom is -0.445 e. The number of nitrogens with zero attached hydrogens (tertiary/aromatic N) is 2. The van der Waals surface area contributed by atoms with Crippen molar-refractivity contribution in [2.24, 2.45) is 10.7 Å². The topological polar surface area (TPSA) is 156 Å². The fourth-order valence-electron chi connectivity index (χ4n) is 5.50. The van der Waals surface area contributed by atoms with Gasteiger partial charge in [-0.2, -0.15) is 0 Å². The quantitative estimate of drug-likeness (QED) is 0.235. The maximum atomic E-state index is 13.3. The Morgan fingerprint density at radius 1 is 1.07 bits per heavy atom. The molecule has 0 spiro atoms. The molecule has 0 aromatic heterocycles. The van der Waals surface area contributed by atoms with Gasteiger partial charge in [0.2, 0.25) is 5.91 Å². The molecule has 0 bridgehead atoms. The van der Waals surface area contributed by atoms with Crippen molar-refractivity contribution in [2.45, 2.75) is 45.8 Å². The first-order valence-electron chi connectivity index (χ1n) is 15.5. The van der Waals surface area contributed by atoms with Crippen LogP contribution in [0.2, 0.25) is 0 Å². The number of nitrogens with one attached hydrogen (secondary N) is 2.